The lowest BCUT2D eigenvalue weighted by molar-refractivity contribution is -0.119. The van der Waals surface area contributed by atoms with Gasteiger partial charge >= 0.3 is 0 Å². The van der Waals surface area contributed by atoms with Gasteiger partial charge in [0.15, 0.2) is 5.16 Å². The summed E-state index contributed by atoms with van der Waals surface area (Å²) in [5.41, 5.74) is 2.22. The van der Waals surface area contributed by atoms with Crippen LogP contribution in [0, 0.1) is 13.8 Å². The Morgan fingerprint density at radius 3 is 2.83 bits per heavy atom. The lowest BCUT2D eigenvalue weighted by Crippen LogP contribution is -2.33. The van der Waals surface area contributed by atoms with Crippen LogP contribution in [0.25, 0.3) is 5.69 Å². The van der Waals surface area contributed by atoms with E-state index in [4.69, 9.17) is 0 Å². The highest BCUT2D eigenvalue weighted by atomic mass is 32.2. The first-order valence-electron chi connectivity index (χ1n) is 8.05. The molecule has 1 fully saturated rings. The fourth-order valence-electron chi connectivity index (χ4n) is 2.97. The molecular formula is C17H22N4OS. The topological polar surface area (TPSA) is 59.8 Å². The van der Waals surface area contributed by atoms with Crippen molar-refractivity contribution in [3.63, 3.8) is 0 Å². The fourth-order valence-corrected chi connectivity index (χ4v) is 3.78. The number of hydrogen-bond donors (Lipinski definition) is 1. The third kappa shape index (κ3) is 3.93. The van der Waals surface area contributed by atoms with Crippen molar-refractivity contribution < 1.29 is 4.79 Å². The molecule has 0 aliphatic heterocycles. The molecule has 1 N–H and O–H groups in total. The van der Waals surface area contributed by atoms with Crippen molar-refractivity contribution >= 4 is 17.7 Å². The zero-order valence-electron chi connectivity index (χ0n) is 13.6. The van der Waals surface area contributed by atoms with Gasteiger partial charge in [-0.2, -0.15) is 0 Å². The van der Waals surface area contributed by atoms with E-state index < -0.39 is 0 Å². The van der Waals surface area contributed by atoms with Gasteiger partial charge in [-0.15, -0.1) is 10.2 Å². The van der Waals surface area contributed by atoms with E-state index in [0.29, 0.717) is 11.8 Å². The smallest absolute Gasteiger partial charge is 0.230 e. The summed E-state index contributed by atoms with van der Waals surface area (Å²) in [6.45, 7) is 3.99. The number of nitrogens with one attached hydrogen (secondary N) is 1. The predicted octanol–water partition coefficient (Wildman–Crippen LogP) is 3.04. The van der Waals surface area contributed by atoms with Crippen LogP contribution in [0.2, 0.25) is 0 Å². The van der Waals surface area contributed by atoms with Gasteiger partial charge in [-0.05, 0) is 44.4 Å². The van der Waals surface area contributed by atoms with Crippen LogP contribution < -0.4 is 5.32 Å². The quantitative estimate of drug-likeness (QED) is 0.856. The molecule has 1 aliphatic rings. The molecule has 0 bridgehead atoms. The first kappa shape index (κ1) is 16.1. The van der Waals surface area contributed by atoms with Crippen molar-refractivity contribution in [2.24, 2.45) is 0 Å². The Morgan fingerprint density at radius 1 is 1.30 bits per heavy atom. The van der Waals surface area contributed by atoms with Gasteiger partial charge in [0.2, 0.25) is 5.91 Å². The van der Waals surface area contributed by atoms with E-state index in [0.717, 1.165) is 29.5 Å². The van der Waals surface area contributed by atoms with Crippen LogP contribution in [-0.4, -0.2) is 32.5 Å². The third-order valence-corrected chi connectivity index (χ3v) is 5.04. The number of aromatic nitrogens is 3. The van der Waals surface area contributed by atoms with Gasteiger partial charge < -0.3 is 5.32 Å². The summed E-state index contributed by atoms with van der Waals surface area (Å²) in [4.78, 5) is 12.1. The second-order valence-electron chi connectivity index (χ2n) is 6.04. The second-order valence-corrected chi connectivity index (χ2v) is 6.98. The molecule has 1 aromatic carbocycles. The standard InChI is InChI=1S/C17H22N4OS/c1-12-6-5-9-15(10-12)21-13(2)19-20-17(21)23-11-16(22)18-14-7-3-4-8-14/h5-6,9-10,14H,3-4,7-8,11H2,1-2H3,(H,18,22). The Balaban J connectivity index is 1.67. The van der Waals surface area contributed by atoms with E-state index in [2.05, 4.69) is 34.6 Å². The molecule has 5 nitrogen and oxygen atoms in total. The van der Waals surface area contributed by atoms with Crippen molar-refractivity contribution in [3.8, 4) is 5.69 Å². The van der Waals surface area contributed by atoms with Crippen LogP contribution in [0.5, 0.6) is 0 Å². The molecule has 23 heavy (non-hydrogen) atoms. The zero-order valence-corrected chi connectivity index (χ0v) is 14.4. The van der Waals surface area contributed by atoms with Gasteiger partial charge in [-0.1, -0.05) is 36.7 Å². The lowest BCUT2D eigenvalue weighted by Gasteiger charge is -2.12. The average Bonchev–Trinajstić information content (AvgIpc) is 3.15. The van der Waals surface area contributed by atoms with Gasteiger partial charge in [-0.3, -0.25) is 9.36 Å². The summed E-state index contributed by atoms with van der Waals surface area (Å²) in [7, 11) is 0. The number of nitrogens with zero attached hydrogens (tertiary/aromatic N) is 3. The molecule has 0 radical (unpaired) electrons. The Kier molecular flexibility index (Phi) is 5.00. The summed E-state index contributed by atoms with van der Waals surface area (Å²) in [6, 6.07) is 8.57. The Labute approximate surface area is 140 Å². The molecule has 0 saturated heterocycles. The van der Waals surface area contributed by atoms with Crippen LogP contribution >= 0.6 is 11.8 Å². The first-order chi connectivity index (χ1) is 11.1. The number of carbonyl (C=O) groups is 1. The molecule has 0 atom stereocenters. The highest BCUT2D eigenvalue weighted by Gasteiger charge is 2.18. The molecule has 1 aliphatic carbocycles. The van der Waals surface area contributed by atoms with Gasteiger partial charge in [0, 0.05) is 11.7 Å². The molecule has 1 aromatic heterocycles. The van der Waals surface area contributed by atoms with Crippen molar-refractivity contribution in [2.45, 2.75) is 50.7 Å². The number of amides is 1. The number of aryl methyl sites for hydroxylation is 2. The maximum Gasteiger partial charge on any atom is 0.230 e. The highest BCUT2D eigenvalue weighted by molar-refractivity contribution is 7.99. The van der Waals surface area contributed by atoms with E-state index in [1.54, 1.807) is 0 Å². The molecule has 1 saturated carbocycles. The van der Waals surface area contributed by atoms with E-state index in [-0.39, 0.29) is 5.91 Å². The summed E-state index contributed by atoms with van der Waals surface area (Å²) < 4.78 is 2.00. The molecule has 122 valence electrons. The van der Waals surface area contributed by atoms with Crippen LogP contribution in [0.1, 0.15) is 37.1 Å². The fraction of sp³-hybridized carbons (Fsp3) is 0.471. The molecule has 0 unspecified atom stereocenters. The van der Waals surface area contributed by atoms with Crippen molar-refractivity contribution in [2.75, 3.05) is 5.75 Å². The number of thioether (sulfide) groups is 1. The summed E-state index contributed by atoms with van der Waals surface area (Å²) in [6.07, 6.45) is 4.65. The van der Waals surface area contributed by atoms with Crippen molar-refractivity contribution in [1.82, 2.24) is 20.1 Å². The van der Waals surface area contributed by atoms with E-state index in [1.165, 1.54) is 30.2 Å². The molecule has 3 rings (SSSR count). The average molecular weight is 330 g/mol. The van der Waals surface area contributed by atoms with Crippen LogP contribution in [-0.2, 0) is 4.79 Å². The molecule has 1 amide bonds. The molecular weight excluding hydrogens is 308 g/mol. The van der Waals surface area contributed by atoms with Gasteiger partial charge in [-0.25, -0.2) is 0 Å². The molecule has 1 heterocycles. The minimum atomic E-state index is 0.0818. The summed E-state index contributed by atoms with van der Waals surface area (Å²) in [5, 5.41) is 12.3. The summed E-state index contributed by atoms with van der Waals surface area (Å²) >= 11 is 1.44. The number of carbonyl (C=O) groups excluding carboxylic acids is 1. The van der Waals surface area contributed by atoms with Gasteiger partial charge in [0.1, 0.15) is 5.82 Å². The number of rotatable bonds is 5. The third-order valence-electron chi connectivity index (χ3n) is 4.11. The van der Waals surface area contributed by atoms with Crippen LogP contribution in [0.4, 0.5) is 0 Å². The molecule has 2 aromatic rings. The minimum Gasteiger partial charge on any atom is -0.353 e. The SMILES string of the molecule is Cc1cccc(-n2c(C)nnc2SCC(=O)NC2CCCC2)c1. The number of hydrogen-bond acceptors (Lipinski definition) is 4. The number of benzene rings is 1. The minimum absolute atomic E-state index is 0.0818. The Morgan fingerprint density at radius 2 is 2.09 bits per heavy atom. The Hall–Kier alpha value is -1.82. The zero-order chi connectivity index (χ0) is 16.2. The van der Waals surface area contributed by atoms with Gasteiger partial charge in [0.25, 0.3) is 0 Å². The first-order valence-corrected chi connectivity index (χ1v) is 9.03. The molecule has 6 heteroatoms. The maximum atomic E-state index is 12.1. The van der Waals surface area contributed by atoms with Crippen LogP contribution in [0.3, 0.4) is 0 Å². The Bertz CT molecular complexity index is 692. The van der Waals surface area contributed by atoms with E-state index in [1.807, 2.05) is 23.6 Å². The van der Waals surface area contributed by atoms with E-state index >= 15 is 0 Å². The normalized spacial score (nSPS) is 15.0. The molecule has 0 spiro atoms. The van der Waals surface area contributed by atoms with Gasteiger partial charge in [0.05, 0.1) is 5.75 Å². The van der Waals surface area contributed by atoms with E-state index in [9.17, 15) is 4.79 Å². The lowest BCUT2D eigenvalue weighted by atomic mass is 10.2. The van der Waals surface area contributed by atoms with Crippen molar-refractivity contribution in [1.29, 1.82) is 0 Å². The van der Waals surface area contributed by atoms with Crippen LogP contribution in [0.15, 0.2) is 29.4 Å². The summed E-state index contributed by atoms with van der Waals surface area (Å²) in [5.74, 6) is 1.29. The predicted molar refractivity (Wildman–Crippen MR) is 92.0 cm³/mol. The second kappa shape index (κ2) is 7.17. The largest absolute Gasteiger partial charge is 0.353 e. The monoisotopic (exact) mass is 330 g/mol. The van der Waals surface area contributed by atoms with Crippen molar-refractivity contribution in [3.05, 3.63) is 35.7 Å². The maximum absolute atomic E-state index is 12.1. The highest BCUT2D eigenvalue weighted by Crippen LogP contribution is 2.23.